The fourth-order valence-corrected chi connectivity index (χ4v) is 3.53. The smallest absolute Gasteiger partial charge is 0.343 e. The van der Waals surface area contributed by atoms with Crippen molar-refractivity contribution in [1.29, 1.82) is 0 Å². The van der Waals surface area contributed by atoms with Gasteiger partial charge in [0.1, 0.15) is 47.8 Å². The van der Waals surface area contributed by atoms with Crippen molar-refractivity contribution < 1.29 is 27.7 Å². The van der Waals surface area contributed by atoms with Gasteiger partial charge in [0.2, 0.25) is 0 Å². The van der Waals surface area contributed by atoms with Gasteiger partial charge in [-0.1, -0.05) is 12.1 Å². The molecule has 0 heterocycles. The number of benzene rings is 2. The van der Waals surface area contributed by atoms with Gasteiger partial charge in [0.15, 0.2) is 5.75 Å². The molecular formula is C15H12I2O6S2. The minimum absolute atomic E-state index is 0.0523. The van der Waals surface area contributed by atoms with E-state index in [-0.39, 0.29) is 23.7 Å². The second-order valence-electron chi connectivity index (χ2n) is 4.53. The van der Waals surface area contributed by atoms with Crippen molar-refractivity contribution in [3.63, 3.8) is 0 Å². The monoisotopic (exact) mass is 606 g/mol. The third kappa shape index (κ3) is 5.89. The fraction of sp³-hybridized carbons (Fsp3) is 0.133. The number of hydrogen-bond donors (Lipinski definition) is 1. The van der Waals surface area contributed by atoms with Gasteiger partial charge >= 0.3 is 5.97 Å². The maximum absolute atomic E-state index is 11.6. The first kappa shape index (κ1) is 20.6. The van der Waals surface area contributed by atoms with E-state index in [9.17, 15) is 9.90 Å². The first-order valence-corrected chi connectivity index (χ1v) is 13.2. The normalized spacial score (nSPS) is 10.2. The fourth-order valence-electron chi connectivity index (χ4n) is 1.96. The number of halogens is 2. The number of carbonyl (C=O) groups is 1. The van der Waals surface area contributed by atoms with E-state index in [0.717, 1.165) is 29.7 Å². The van der Waals surface area contributed by atoms with E-state index in [2.05, 4.69) is 0 Å². The number of hydrogen-bond acceptors (Lipinski definition) is 7. The molecule has 0 unspecified atom stereocenters. The zero-order valence-corrected chi connectivity index (χ0v) is 18.7. The van der Waals surface area contributed by atoms with Gasteiger partial charge in [0.05, 0.1) is 7.11 Å². The topological polar surface area (TPSA) is 74.2 Å². The molecule has 0 amide bonds. The molecular weight excluding hydrogens is 594 g/mol. The van der Waals surface area contributed by atoms with E-state index < -0.39 is 5.97 Å². The van der Waals surface area contributed by atoms with Crippen molar-refractivity contribution in [2.45, 2.75) is 6.61 Å². The first-order chi connectivity index (χ1) is 12.1. The van der Waals surface area contributed by atoms with Crippen LogP contribution < -0.4 is 17.8 Å². The molecule has 0 aromatic heterocycles. The summed E-state index contributed by atoms with van der Waals surface area (Å²) in [4.78, 5) is 11.6. The maximum atomic E-state index is 11.6. The van der Waals surface area contributed by atoms with Gasteiger partial charge in [0.25, 0.3) is 0 Å². The lowest BCUT2D eigenvalue weighted by Gasteiger charge is -2.14. The molecule has 0 spiro atoms. The third-order valence-corrected chi connectivity index (χ3v) is 4.63. The van der Waals surface area contributed by atoms with E-state index in [0.29, 0.717) is 5.75 Å². The molecule has 10 heteroatoms. The molecule has 0 aliphatic heterocycles. The highest BCUT2D eigenvalue weighted by Crippen LogP contribution is 2.38. The molecule has 2 rings (SSSR count). The summed E-state index contributed by atoms with van der Waals surface area (Å²) < 4.78 is 21.6. The molecule has 1 N–H and O–H groups in total. The zero-order chi connectivity index (χ0) is 18.2. The van der Waals surface area contributed by atoms with Gasteiger partial charge in [-0.25, -0.2) is 4.79 Å². The Kier molecular flexibility index (Phi) is 8.58. The average Bonchev–Trinajstić information content (AvgIpc) is 2.60. The lowest BCUT2D eigenvalue weighted by molar-refractivity contribution is 0.0690. The Morgan fingerprint density at radius 1 is 1.04 bits per heavy atom. The third-order valence-electron chi connectivity index (χ3n) is 3.06. The Labute approximate surface area is 177 Å². The summed E-state index contributed by atoms with van der Waals surface area (Å²) in [6, 6.07) is 10.4. The molecule has 0 saturated heterocycles. The van der Waals surface area contributed by atoms with E-state index >= 15 is 0 Å². The Bertz CT molecular complexity index is 727. The van der Waals surface area contributed by atoms with Crippen LogP contribution in [0.15, 0.2) is 36.4 Å². The summed E-state index contributed by atoms with van der Waals surface area (Å²) >= 11 is 3.89. The Morgan fingerprint density at radius 2 is 1.68 bits per heavy atom. The number of methoxy groups -OCH3 is 1. The highest BCUT2D eigenvalue weighted by Gasteiger charge is 2.21. The minimum atomic E-state index is -1.14. The predicted molar refractivity (Wildman–Crippen MR) is 115 cm³/mol. The maximum Gasteiger partial charge on any atom is 0.343 e. The Morgan fingerprint density at radius 3 is 2.24 bits per heavy atom. The van der Waals surface area contributed by atoms with Crippen LogP contribution in [0.3, 0.4) is 0 Å². The van der Waals surface area contributed by atoms with E-state index in [1.165, 1.54) is 12.1 Å². The number of aromatic carboxylic acids is 1. The molecule has 0 aliphatic carbocycles. The summed E-state index contributed by atoms with van der Waals surface area (Å²) in [7, 11) is 3.72. The van der Waals surface area contributed by atoms with Crippen molar-refractivity contribution in [2.24, 2.45) is 0 Å². The van der Waals surface area contributed by atoms with Crippen LogP contribution >= 0.6 is 60.8 Å². The molecule has 0 radical (unpaired) electrons. The highest BCUT2D eigenvalue weighted by molar-refractivity contribution is 14.2. The average molecular weight is 606 g/mol. The highest BCUT2D eigenvalue weighted by atomic mass is 127. The lowest BCUT2D eigenvalue weighted by Crippen LogP contribution is -2.05. The number of rotatable bonds is 9. The predicted octanol–water partition coefficient (Wildman–Crippen LogP) is 5.73. The summed E-state index contributed by atoms with van der Waals surface area (Å²) in [5, 5.41) is 9.52. The second-order valence-corrected chi connectivity index (χ2v) is 7.27. The molecule has 134 valence electrons. The Balaban J connectivity index is 2.30. The van der Waals surface area contributed by atoms with Crippen LogP contribution in [0.1, 0.15) is 15.9 Å². The van der Waals surface area contributed by atoms with E-state index in [4.69, 9.17) is 17.8 Å². The SMILES string of the molecule is COc1ccc(COc2cc(OSI)cc(OSI)c2C(=O)O)cc1. The molecule has 0 fully saturated rings. The van der Waals surface area contributed by atoms with E-state index in [1.807, 2.05) is 66.7 Å². The van der Waals surface area contributed by atoms with Gasteiger partial charge in [-0.2, -0.15) is 0 Å². The van der Waals surface area contributed by atoms with Crippen LogP contribution in [0, 0.1) is 0 Å². The first-order valence-electron chi connectivity index (χ1n) is 6.66. The molecule has 2 aromatic rings. The number of carboxylic acids is 1. The van der Waals surface area contributed by atoms with Crippen molar-refractivity contribution in [3.05, 3.63) is 47.5 Å². The van der Waals surface area contributed by atoms with Crippen molar-refractivity contribution in [1.82, 2.24) is 0 Å². The quantitative estimate of drug-likeness (QED) is 0.287. The van der Waals surface area contributed by atoms with E-state index in [1.54, 1.807) is 7.11 Å². The van der Waals surface area contributed by atoms with Crippen LogP contribution in [0.2, 0.25) is 0 Å². The molecule has 6 nitrogen and oxygen atoms in total. The van der Waals surface area contributed by atoms with Crippen LogP contribution in [0.25, 0.3) is 0 Å². The van der Waals surface area contributed by atoms with Crippen LogP contribution in [0.4, 0.5) is 0 Å². The summed E-state index contributed by atoms with van der Waals surface area (Å²) in [6.45, 7) is 0.196. The number of carboxylic acid groups (broad SMARTS) is 1. The molecule has 0 saturated carbocycles. The van der Waals surface area contributed by atoms with Gasteiger partial charge in [-0.15, -0.1) is 0 Å². The van der Waals surface area contributed by atoms with Crippen LogP contribution in [-0.2, 0) is 6.61 Å². The van der Waals surface area contributed by atoms with Gasteiger partial charge in [-0.3, -0.25) is 0 Å². The Hall–Kier alpha value is -0.730. The molecule has 0 bridgehead atoms. The van der Waals surface area contributed by atoms with Gasteiger partial charge in [0, 0.05) is 54.5 Å². The second kappa shape index (κ2) is 10.4. The van der Waals surface area contributed by atoms with Crippen molar-refractivity contribution >= 4 is 66.8 Å². The van der Waals surface area contributed by atoms with Crippen LogP contribution in [-0.4, -0.2) is 18.2 Å². The lowest BCUT2D eigenvalue weighted by atomic mass is 10.1. The van der Waals surface area contributed by atoms with Crippen LogP contribution in [0.5, 0.6) is 23.0 Å². The minimum Gasteiger partial charge on any atom is -0.497 e. The van der Waals surface area contributed by atoms with Gasteiger partial charge in [-0.05, 0) is 17.7 Å². The molecule has 25 heavy (non-hydrogen) atoms. The van der Waals surface area contributed by atoms with Gasteiger partial charge < -0.3 is 22.9 Å². The summed E-state index contributed by atoms with van der Waals surface area (Å²) in [5.41, 5.74) is 0.820. The summed E-state index contributed by atoms with van der Waals surface area (Å²) in [5.74, 6) is 0.374. The zero-order valence-electron chi connectivity index (χ0n) is 12.7. The molecule has 2 aromatic carbocycles. The largest absolute Gasteiger partial charge is 0.497 e. The van der Waals surface area contributed by atoms with Crippen molar-refractivity contribution in [2.75, 3.05) is 7.11 Å². The standard InChI is InChI=1S/C15H12I2O6S2/c1-20-10-4-2-9(3-5-10)8-21-12-6-11(22-24-16)7-13(23-25-17)14(12)15(18)19/h2-7H,8H2,1H3,(H,18,19). The molecule has 0 aliphatic rings. The van der Waals surface area contributed by atoms with Crippen molar-refractivity contribution in [3.8, 4) is 23.0 Å². The summed E-state index contributed by atoms with van der Waals surface area (Å²) in [6.07, 6.45) is 0. The number of ether oxygens (including phenoxy) is 2. The molecule has 0 atom stereocenters.